The first-order chi connectivity index (χ1) is 14.1. The number of rotatable bonds is 5. The van der Waals surface area contributed by atoms with E-state index in [1.54, 1.807) is 26.8 Å². The van der Waals surface area contributed by atoms with Gasteiger partial charge in [-0.2, -0.15) is 13.2 Å². The first-order valence-electron chi connectivity index (χ1n) is 9.10. The maximum atomic E-state index is 13.1. The topological polar surface area (TPSA) is 88.3 Å². The molecule has 0 atom stereocenters. The molecule has 10 heteroatoms. The first-order valence-corrected chi connectivity index (χ1v) is 9.10. The molecule has 3 rings (SSSR count). The number of aryl methyl sites for hydroxylation is 2. The van der Waals surface area contributed by atoms with Gasteiger partial charge in [0.2, 0.25) is 5.91 Å². The normalized spacial score (nSPS) is 11.5. The number of carbonyl (C=O) groups excluding carboxylic acids is 2. The number of likely N-dealkylation sites (N-methyl/N-ethyl adjacent to an activating group) is 1. The average Bonchev–Trinajstić information content (AvgIpc) is 3.05. The van der Waals surface area contributed by atoms with Gasteiger partial charge in [0.15, 0.2) is 0 Å². The fourth-order valence-electron chi connectivity index (χ4n) is 3.09. The predicted octanol–water partition coefficient (Wildman–Crippen LogP) is 3.96. The SMILES string of the molecule is CCN(CC(=O)Nc1ccccc1C(F)(F)F)C(=O)c1cc(C)nc2onc(C)c12. The lowest BCUT2D eigenvalue weighted by Crippen LogP contribution is -2.38. The number of halogens is 3. The molecular formula is C20H19F3N4O3. The highest BCUT2D eigenvalue weighted by Crippen LogP contribution is 2.34. The monoisotopic (exact) mass is 420 g/mol. The molecule has 0 aliphatic rings. The molecule has 158 valence electrons. The maximum absolute atomic E-state index is 13.1. The number of aromatic nitrogens is 2. The zero-order chi connectivity index (χ0) is 22.1. The summed E-state index contributed by atoms with van der Waals surface area (Å²) in [5, 5.41) is 6.50. The van der Waals surface area contributed by atoms with Crippen LogP contribution in [0.25, 0.3) is 11.1 Å². The Morgan fingerprint density at radius 2 is 1.90 bits per heavy atom. The Morgan fingerprint density at radius 3 is 2.57 bits per heavy atom. The van der Waals surface area contributed by atoms with Crippen molar-refractivity contribution < 1.29 is 27.3 Å². The van der Waals surface area contributed by atoms with Crippen LogP contribution < -0.4 is 5.32 Å². The Labute approximate surface area is 169 Å². The van der Waals surface area contributed by atoms with Crippen LogP contribution in [-0.2, 0) is 11.0 Å². The smallest absolute Gasteiger partial charge is 0.336 e. The predicted molar refractivity (Wildman–Crippen MR) is 103 cm³/mol. The number of nitrogens with one attached hydrogen (secondary N) is 1. The molecular weight excluding hydrogens is 401 g/mol. The van der Waals surface area contributed by atoms with E-state index in [-0.39, 0.29) is 23.5 Å². The fourth-order valence-corrected chi connectivity index (χ4v) is 3.09. The molecule has 2 amide bonds. The van der Waals surface area contributed by atoms with Crippen LogP contribution >= 0.6 is 0 Å². The van der Waals surface area contributed by atoms with Gasteiger partial charge in [-0.3, -0.25) is 9.59 Å². The summed E-state index contributed by atoms with van der Waals surface area (Å²) in [4.78, 5) is 30.9. The van der Waals surface area contributed by atoms with Crippen LogP contribution in [0.5, 0.6) is 0 Å². The number of nitrogens with zero attached hydrogens (tertiary/aromatic N) is 3. The summed E-state index contributed by atoms with van der Waals surface area (Å²) in [6, 6.07) is 6.23. The van der Waals surface area contributed by atoms with Gasteiger partial charge in [-0.15, -0.1) is 0 Å². The molecule has 0 spiro atoms. The minimum atomic E-state index is -4.61. The number of amides is 2. The molecule has 0 fully saturated rings. The molecule has 0 bridgehead atoms. The number of benzene rings is 1. The van der Waals surface area contributed by atoms with Gasteiger partial charge in [0.1, 0.15) is 6.54 Å². The summed E-state index contributed by atoms with van der Waals surface area (Å²) in [6.07, 6.45) is -4.61. The first kappa shape index (κ1) is 21.3. The highest BCUT2D eigenvalue weighted by Gasteiger charge is 2.33. The van der Waals surface area contributed by atoms with Crippen molar-refractivity contribution in [2.75, 3.05) is 18.4 Å². The lowest BCUT2D eigenvalue weighted by Gasteiger charge is -2.21. The molecule has 2 aromatic heterocycles. The van der Waals surface area contributed by atoms with E-state index < -0.39 is 30.1 Å². The number of anilines is 1. The van der Waals surface area contributed by atoms with E-state index >= 15 is 0 Å². The van der Waals surface area contributed by atoms with Gasteiger partial charge in [0, 0.05) is 12.2 Å². The van der Waals surface area contributed by atoms with E-state index in [4.69, 9.17) is 4.52 Å². The molecule has 0 unspecified atom stereocenters. The Morgan fingerprint density at radius 1 is 1.20 bits per heavy atom. The number of hydrogen-bond donors (Lipinski definition) is 1. The van der Waals surface area contributed by atoms with Crippen molar-refractivity contribution >= 4 is 28.6 Å². The fraction of sp³-hybridized carbons (Fsp3) is 0.300. The van der Waals surface area contributed by atoms with Gasteiger partial charge in [-0.25, -0.2) is 4.98 Å². The second-order valence-electron chi connectivity index (χ2n) is 6.67. The second-order valence-corrected chi connectivity index (χ2v) is 6.67. The van der Waals surface area contributed by atoms with Crippen LogP contribution in [0.3, 0.4) is 0 Å². The summed E-state index contributed by atoms with van der Waals surface area (Å²) in [5.74, 6) is -1.22. The largest absolute Gasteiger partial charge is 0.418 e. The summed E-state index contributed by atoms with van der Waals surface area (Å²) < 4.78 is 44.5. The lowest BCUT2D eigenvalue weighted by molar-refractivity contribution is -0.137. The Bertz CT molecular complexity index is 1110. The van der Waals surface area contributed by atoms with Crippen molar-refractivity contribution in [3.63, 3.8) is 0 Å². The summed E-state index contributed by atoms with van der Waals surface area (Å²) in [7, 11) is 0. The molecule has 0 radical (unpaired) electrons. The quantitative estimate of drug-likeness (QED) is 0.675. The maximum Gasteiger partial charge on any atom is 0.418 e. The Balaban J connectivity index is 1.84. The van der Waals surface area contributed by atoms with E-state index in [0.717, 1.165) is 12.1 Å². The van der Waals surface area contributed by atoms with Gasteiger partial charge in [0.05, 0.1) is 27.9 Å². The molecule has 30 heavy (non-hydrogen) atoms. The number of alkyl halides is 3. The van der Waals surface area contributed by atoms with Gasteiger partial charge in [-0.05, 0) is 39.0 Å². The van der Waals surface area contributed by atoms with Crippen LogP contribution in [-0.4, -0.2) is 39.9 Å². The summed E-state index contributed by atoms with van der Waals surface area (Å²) in [5.41, 5.74) is 0.147. The molecule has 2 heterocycles. The highest BCUT2D eigenvalue weighted by molar-refractivity contribution is 6.07. The number of carbonyl (C=O) groups is 2. The third kappa shape index (κ3) is 4.27. The Hall–Kier alpha value is -3.43. The van der Waals surface area contributed by atoms with E-state index in [0.29, 0.717) is 16.8 Å². The van der Waals surface area contributed by atoms with Crippen LogP contribution in [0.15, 0.2) is 34.9 Å². The van der Waals surface area contributed by atoms with Gasteiger partial charge in [-0.1, -0.05) is 17.3 Å². The van der Waals surface area contributed by atoms with Gasteiger partial charge >= 0.3 is 6.18 Å². The molecule has 1 aromatic carbocycles. The second kappa shape index (κ2) is 8.13. The molecule has 0 aliphatic carbocycles. The van der Waals surface area contributed by atoms with Crippen molar-refractivity contribution in [3.05, 3.63) is 52.8 Å². The van der Waals surface area contributed by atoms with E-state index in [9.17, 15) is 22.8 Å². The molecule has 1 N–H and O–H groups in total. The summed E-state index contributed by atoms with van der Waals surface area (Å²) >= 11 is 0. The third-order valence-corrected chi connectivity index (χ3v) is 4.49. The number of fused-ring (bicyclic) bond motifs is 1. The van der Waals surface area contributed by atoms with Crippen LogP contribution in [0.1, 0.15) is 34.2 Å². The highest BCUT2D eigenvalue weighted by atomic mass is 19.4. The standard InChI is InChI=1S/C20H19F3N4O3/c1-4-27(10-16(28)25-15-8-6-5-7-14(15)20(21,22)23)19(29)13-9-11(2)24-18-17(13)12(3)26-30-18/h5-9H,4,10H2,1-3H3,(H,25,28). The molecule has 3 aromatic rings. The van der Waals surface area contributed by atoms with Crippen LogP contribution in [0.2, 0.25) is 0 Å². The van der Waals surface area contributed by atoms with Crippen LogP contribution in [0.4, 0.5) is 18.9 Å². The van der Waals surface area contributed by atoms with Crippen molar-refractivity contribution in [1.82, 2.24) is 15.0 Å². The zero-order valence-electron chi connectivity index (χ0n) is 16.5. The van der Waals surface area contributed by atoms with E-state index in [2.05, 4.69) is 15.5 Å². The minimum absolute atomic E-state index is 0.167. The minimum Gasteiger partial charge on any atom is -0.336 e. The van der Waals surface area contributed by atoms with Gasteiger partial charge in [0.25, 0.3) is 11.6 Å². The van der Waals surface area contributed by atoms with E-state index in [1.165, 1.54) is 17.0 Å². The van der Waals surface area contributed by atoms with Crippen molar-refractivity contribution in [2.24, 2.45) is 0 Å². The molecule has 0 saturated heterocycles. The van der Waals surface area contributed by atoms with E-state index in [1.807, 2.05) is 0 Å². The number of hydrogen-bond acceptors (Lipinski definition) is 5. The van der Waals surface area contributed by atoms with Crippen LogP contribution in [0, 0.1) is 13.8 Å². The molecule has 7 nitrogen and oxygen atoms in total. The Kier molecular flexibility index (Phi) is 5.77. The zero-order valence-corrected chi connectivity index (χ0v) is 16.5. The molecule has 0 saturated carbocycles. The van der Waals surface area contributed by atoms with Gasteiger partial charge < -0.3 is 14.7 Å². The lowest BCUT2D eigenvalue weighted by atomic mass is 10.1. The number of pyridine rings is 1. The van der Waals surface area contributed by atoms with Crippen molar-refractivity contribution in [2.45, 2.75) is 26.9 Å². The average molecular weight is 420 g/mol. The van der Waals surface area contributed by atoms with Crippen molar-refractivity contribution in [1.29, 1.82) is 0 Å². The third-order valence-electron chi connectivity index (χ3n) is 4.49. The summed E-state index contributed by atoms with van der Waals surface area (Å²) in [6.45, 7) is 4.76. The number of para-hydroxylation sites is 1. The molecule has 0 aliphatic heterocycles. The van der Waals surface area contributed by atoms with Crippen molar-refractivity contribution in [3.8, 4) is 0 Å².